The third-order valence-electron chi connectivity index (χ3n) is 3.84. The van der Waals surface area contributed by atoms with Crippen molar-refractivity contribution in [3.63, 3.8) is 0 Å². The van der Waals surface area contributed by atoms with Crippen LogP contribution in [0.1, 0.15) is 17.7 Å². The molecule has 0 aliphatic carbocycles. The number of nitrogens with one attached hydrogen (secondary N) is 1. The van der Waals surface area contributed by atoms with Gasteiger partial charge in [-0.25, -0.2) is 0 Å². The van der Waals surface area contributed by atoms with E-state index in [0.717, 1.165) is 42.9 Å². The molecule has 1 saturated heterocycles. The zero-order valence-electron chi connectivity index (χ0n) is 13.2. The molecule has 6 nitrogen and oxygen atoms in total. The first-order chi connectivity index (χ1) is 11.7. The SMILES string of the molecule is O=C1CNC(=S)N1c1ccc(CCc2cn(CCCS)nn2)cc1. The Morgan fingerprint density at radius 1 is 1.25 bits per heavy atom. The fraction of sp³-hybridized carbons (Fsp3) is 0.375. The molecule has 0 saturated carbocycles. The van der Waals surface area contributed by atoms with E-state index in [4.69, 9.17) is 12.2 Å². The Labute approximate surface area is 151 Å². The number of aromatic nitrogens is 3. The van der Waals surface area contributed by atoms with Crippen LogP contribution in [0.15, 0.2) is 30.5 Å². The number of nitrogens with zero attached hydrogens (tertiary/aromatic N) is 4. The van der Waals surface area contributed by atoms with Gasteiger partial charge in [-0.15, -0.1) is 5.10 Å². The molecule has 126 valence electrons. The van der Waals surface area contributed by atoms with Gasteiger partial charge in [0, 0.05) is 12.7 Å². The molecule has 24 heavy (non-hydrogen) atoms. The maximum Gasteiger partial charge on any atom is 0.252 e. The van der Waals surface area contributed by atoms with Gasteiger partial charge in [0.25, 0.3) is 5.91 Å². The fourth-order valence-electron chi connectivity index (χ4n) is 2.56. The van der Waals surface area contributed by atoms with Gasteiger partial charge in [0.15, 0.2) is 5.11 Å². The van der Waals surface area contributed by atoms with E-state index in [1.54, 1.807) is 0 Å². The normalized spacial score (nSPS) is 14.3. The van der Waals surface area contributed by atoms with Crippen LogP contribution >= 0.6 is 24.8 Å². The predicted octanol–water partition coefficient (Wildman–Crippen LogP) is 1.60. The molecular weight excluding hydrogens is 342 g/mol. The first kappa shape index (κ1) is 16.9. The van der Waals surface area contributed by atoms with Gasteiger partial charge in [-0.1, -0.05) is 17.3 Å². The maximum absolute atomic E-state index is 11.8. The zero-order valence-corrected chi connectivity index (χ0v) is 14.9. The topological polar surface area (TPSA) is 63.1 Å². The molecule has 0 spiro atoms. The molecule has 1 amide bonds. The molecule has 1 aromatic heterocycles. The minimum atomic E-state index is -0.0226. The number of aryl methyl sites for hydroxylation is 3. The largest absolute Gasteiger partial charge is 0.353 e. The van der Waals surface area contributed by atoms with Crippen LogP contribution in [-0.2, 0) is 24.2 Å². The number of hydrogen-bond acceptors (Lipinski definition) is 5. The molecule has 0 radical (unpaired) electrons. The minimum absolute atomic E-state index is 0.0226. The van der Waals surface area contributed by atoms with Crippen LogP contribution in [0.5, 0.6) is 0 Å². The van der Waals surface area contributed by atoms with Gasteiger partial charge in [-0.05, 0) is 54.9 Å². The molecule has 0 unspecified atom stereocenters. The van der Waals surface area contributed by atoms with Crippen LogP contribution in [0.2, 0.25) is 0 Å². The van der Waals surface area contributed by atoms with Crippen molar-refractivity contribution < 1.29 is 4.79 Å². The number of carbonyl (C=O) groups is 1. The Balaban J connectivity index is 1.57. The number of carbonyl (C=O) groups excluding carboxylic acids is 1. The molecule has 8 heteroatoms. The highest BCUT2D eigenvalue weighted by atomic mass is 32.1. The van der Waals surface area contributed by atoms with Gasteiger partial charge in [0.1, 0.15) is 0 Å². The van der Waals surface area contributed by atoms with E-state index in [1.807, 2.05) is 35.1 Å². The van der Waals surface area contributed by atoms with Crippen molar-refractivity contribution in [1.29, 1.82) is 0 Å². The Kier molecular flexibility index (Phi) is 5.47. The second-order valence-corrected chi connectivity index (χ2v) is 6.44. The summed E-state index contributed by atoms with van der Waals surface area (Å²) in [6, 6.07) is 7.90. The number of benzene rings is 1. The van der Waals surface area contributed by atoms with E-state index < -0.39 is 0 Å². The molecule has 1 aliphatic heterocycles. The summed E-state index contributed by atoms with van der Waals surface area (Å²) in [5.74, 6) is 0.825. The molecule has 0 atom stereocenters. The number of thiol groups is 1. The highest BCUT2D eigenvalue weighted by Crippen LogP contribution is 2.19. The van der Waals surface area contributed by atoms with Crippen LogP contribution in [0.25, 0.3) is 0 Å². The average molecular weight is 361 g/mol. The first-order valence-electron chi connectivity index (χ1n) is 7.87. The summed E-state index contributed by atoms with van der Waals surface area (Å²) < 4.78 is 1.86. The Hall–Kier alpha value is -1.93. The van der Waals surface area contributed by atoms with Crippen molar-refractivity contribution in [3.8, 4) is 0 Å². The highest BCUT2D eigenvalue weighted by Gasteiger charge is 2.26. The monoisotopic (exact) mass is 361 g/mol. The van der Waals surface area contributed by atoms with E-state index in [2.05, 4.69) is 28.3 Å². The van der Waals surface area contributed by atoms with Crippen LogP contribution in [0.3, 0.4) is 0 Å². The quantitative estimate of drug-likeness (QED) is 0.579. The third kappa shape index (κ3) is 3.93. The summed E-state index contributed by atoms with van der Waals surface area (Å²) in [4.78, 5) is 13.3. The maximum atomic E-state index is 11.8. The standard InChI is InChI=1S/C16H19N5OS2/c22-15-10-17-16(24)21(15)14-6-3-12(4-7-14)2-5-13-11-20(19-18-13)8-1-9-23/h3-4,6-7,11,23H,1-2,5,8-10H2,(H,17,24). The third-order valence-corrected chi connectivity index (χ3v) is 4.48. The van der Waals surface area contributed by atoms with Gasteiger partial charge < -0.3 is 5.32 Å². The van der Waals surface area contributed by atoms with E-state index in [-0.39, 0.29) is 12.5 Å². The summed E-state index contributed by atoms with van der Waals surface area (Å²) in [6.07, 6.45) is 4.69. The summed E-state index contributed by atoms with van der Waals surface area (Å²) in [6.45, 7) is 1.12. The molecule has 1 N–H and O–H groups in total. The number of thiocarbonyl (C=S) groups is 1. The summed E-state index contributed by atoms with van der Waals surface area (Å²) in [5, 5.41) is 11.7. The summed E-state index contributed by atoms with van der Waals surface area (Å²) >= 11 is 9.35. The molecule has 1 aliphatic rings. The number of anilines is 1. The van der Waals surface area contributed by atoms with Crippen molar-refractivity contribution in [2.75, 3.05) is 17.2 Å². The zero-order chi connectivity index (χ0) is 16.9. The lowest BCUT2D eigenvalue weighted by molar-refractivity contribution is -0.115. The van der Waals surface area contributed by atoms with Crippen LogP contribution in [-0.4, -0.2) is 38.3 Å². The van der Waals surface area contributed by atoms with Crippen molar-refractivity contribution in [3.05, 3.63) is 41.7 Å². The lowest BCUT2D eigenvalue weighted by atomic mass is 10.1. The van der Waals surface area contributed by atoms with Crippen molar-refractivity contribution in [1.82, 2.24) is 20.3 Å². The fourth-order valence-corrected chi connectivity index (χ4v) is 2.98. The molecule has 2 heterocycles. The van der Waals surface area contributed by atoms with Crippen LogP contribution in [0, 0.1) is 0 Å². The van der Waals surface area contributed by atoms with E-state index in [9.17, 15) is 4.79 Å². The lowest BCUT2D eigenvalue weighted by Gasteiger charge is -2.14. The van der Waals surface area contributed by atoms with E-state index >= 15 is 0 Å². The average Bonchev–Trinajstić information content (AvgIpc) is 3.18. The van der Waals surface area contributed by atoms with Gasteiger partial charge in [-0.3, -0.25) is 14.4 Å². The van der Waals surface area contributed by atoms with Crippen molar-refractivity contribution in [2.24, 2.45) is 0 Å². The van der Waals surface area contributed by atoms with Gasteiger partial charge in [0.05, 0.1) is 17.9 Å². The number of amides is 1. The molecule has 0 bridgehead atoms. The Bertz CT molecular complexity index is 712. The second kappa shape index (κ2) is 7.76. The number of rotatable bonds is 7. The lowest BCUT2D eigenvalue weighted by Crippen LogP contribution is -2.30. The number of hydrogen-bond donors (Lipinski definition) is 2. The second-order valence-electron chi connectivity index (χ2n) is 5.60. The molecular formula is C16H19N5OS2. The van der Waals surface area contributed by atoms with E-state index in [0.29, 0.717) is 5.11 Å². The first-order valence-corrected chi connectivity index (χ1v) is 8.91. The highest BCUT2D eigenvalue weighted by molar-refractivity contribution is 7.80. The van der Waals surface area contributed by atoms with Crippen molar-refractivity contribution >= 4 is 41.6 Å². The van der Waals surface area contributed by atoms with Crippen LogP contribution in [0.4, 0.5) is 5.69 Å². The molecule has 2 aromatic rings. The molecule has 1 aromatic carbocycles. The van der Waals surface area contributed by atoms with Gasteiger partial charge >= 0.3 is 0 Å². The summed E-state index contributed by atoms with van der Waals surface area (Å²) in [7, 11) is 0. The molecule has 3 rings (SSSR count). The Morgan fingerprint density at radius 2 is 2.04 bits per heavy atom. The Morgan fingerprint density at radius 3 is 2.71 bits per heavy atom. The summed E-state index contributed by atoms with van der Waals surface area (Å²) in [5.41, 5.74) is 2.98. The van der Waals surface area contributed by atoms with Crippen LogP contribution < -0.4 is 10.2 Å². The molecule has 1 fully saturated rings. The minimum Gasteiger partial charge on any atom is -0.353 e. The van der Waals surface area contributed by atoms with E-state index in [1.165, 1.54) is 10.5 Å². The van der Waals surface area contributed by atoms with Gasteiger partial charge in [0.2, 0.25) is 0 Å². The van der Waals surface area contributed by atoms with Crippen molar-refractivity contribution in [2.45, 2.75) is 25.8 Å². The predicted molar refractivity (Wildman–Crippen MR) is 100 cm³/mol. The van der Waals surface area contributed by atoms with Gasteiger partial charge in [-0.2, -0.15) is 12.6 Å². The smallest absolute Gasteiger partial charge is 0.252 e.